The number of rotatable bonds is 3. The molecule has 2 aliphatic heterocycles. The highest BCUT2D eigenvalue weighted by molar-refractivity contribution is 7.90. The van der Waals surface area contributed by atoms with Crippen molar-refractivity contribution >= 4 is 49.6 Å². The molecule has 4 aromatic rings. The van der Waals surface area contributed by atoms with Gasteiger partial charge in [0.2, 0.25) is 11.8 Å². The van der Waals surface area contributed by atoms with E-state index in [0.717, 1.165) is 28.2 Å². The highest BCUT2D eigenvalue weighted by Gasteiger charge is 2.23. The largest absolute Gasteiger partial charge is 0.383 e. The van der Waals surface area contributed by atoms with E-state index in [4.69, 9.17) is 5.73 Å². The monoisotopic (exact) mass is 543 g/mol. The Morgan fingerprint density at radius 2 is 1.77 bits per heavy atom. The Hall–Kier alpha value is -4.44. The third kappa shape index (κ3) is 6.01. The van der Waals surface area contributed by atoms with E-state index in [1.165, 1.54) is 6.07 Å². The lowest BCUT2D eigenvalue weighted by atomic mass is 10.0. The van der Waals surface area contributed by atoms with Gasteiger partial charge in [-0.25, -0.2) is 13.4 Å². The Labute approximate surface area is 226 Å². The summed E-state index contributed by atoms with van der Waals surface area (Å²) in [7, 11) is -3.57. The van der Waals surface area contributed by atoms with Crippen LogP contribution < -0.4 is 21.7 Å². The molecule has 1 aromatic heterocycles. The first-order valence-electron chi connectivity index (χ1n) is 12.6. The van der Waals surface area contributed by atoms with Crippen molar-refractivity contribution in [3.63, 3.8) is 0 Å². The number of pyridine rings is 1. The fraction of sp³-hybridized carbons (Fsp3) is 0.207. The Kier molecular flexibility index (Phi) is 7.21. The van der Waals surface area contributed by atoms with Crippen LogP contribution in [0.25, 0.3) is 10.8 Å². The van der Waals surface area contributed by atoms with E-state index in [9.17, 15) is 18.0 Å². The van der Waals surface area contributed by atoms with Gasteiger partial charge in [-0.1, -0.05) is 24.3 Å². The zero-order valence-corrected chi connectivity index (χ0v) is 22.2. The van der Waals surface area contributed by atoms with Crippen molar-refractivity contribution in [3.8, 4) is 0 Å². The molecular formula is C29H29N5O4S. The van der Waals surface area contributed by atoms with Crippen LogP contribution in [0.15, 0.2) is 77.8 Å². The van der Waals surface area contributed by atoms with Gasteiger partial charge < -0.3 is 21.7 Å². The van der Waals surface area contributed by atoms with Crippen molar-refractivity contribution in [3.05, 3.63) is 89.6 Å². The molecule has 4 bridgehead atoms. The number of aromatic nitrogens is 1. The molecule has 2 amide bonds. The predicted molar refractivity (Wildman–Crippen MR) is 152 cm³/mol. The molecule has 0 spiro atoms. The lowest BCUT2D eigenvalue weighted by Crippen LogP contribution is -2.33. The van der Waals surface area contributed by atoms with E-state index in [2.05, 4.69) is 20.9 Å². The molecule has 5 N–H and O–H groups in total. The predicted octanol–water partition coefficient (Wildman–Crippen LogP) is 3.96. The third-order valence-electron chi connectivity index (χ3n) is 6.75. The number of anilines is 3. The van der Waals surface area contributed by atoms with Crippen LogP contribution in [-0.4, -0.2) is 31.5 Å². The van der Waals surface area contributed by atoms with Gasteiger partial charge in [0, 0.05) is 42.2 Å². The maximum atomic E-state index is 13.6. The molecular weight excluding hydrogens is 514 g/mol. The second kappa shape index (κ2) is 10.7. The van der Waals surface area contributed by atoms with E-state index < -0.39 is 15.9 Å². The van der Waals surface area contributed by atoms with Crippen LogP contribution in [0.1, 0.15) is 35.6 Å². The van der Waals surface area contributed by atoms with Crippen molar-refractivity contribution in [2.45, 2.75) is 36.7 Å². The number of benzene rings is 3. The number of carbonyl (C=O) groups is 2. The summed E-state index contributed by atoms with van der Waals surface area (Å²) in [5.74, 6) is -0.0618. The normalized spacial score (nSPS) is 16.5. The minimum absolute atomic E-state index is 0.0405. The molecule has 3 heterocycles. The first-order valence-corrected chi connectivity index (χ1v) is 14.5. The summed E-state index contributed by atoms with van der Waals surface area (Å²) in [6, 6.07) is 19.0. The van der Waals surface area contributed by atoms with Gasteiger partial charge >= 0.3 is 0 Å². The second-order valence-corrected chi connectivity index (χ2v) is 11.6. The van der Waals surface area contributed by atoms with Crippen LogP contribution in [0.5, 0.6) is 0 Å². The molecule has 10 heteroatoms. The molecule has 3 aromatic carbocycles. The van der Waals surface area contributed by atoms with E-state index in [0.29, 0.717) is 42.0 Å². The Bertz CT molecular complexity index is 1670. The highest BCUT2D eigenvalue weighted by Crippen LogP contribution is 2.27. The van der Waals surface area contributed by atoms with E-state index in [-0.39, 0.29) is 23.3 Å². The van der Waals surface area contributed by atoms with Crippen molar-refractivity contribution in [1.29, 1.82) is 0 Å². The summed E-state index contributed by atoms with van der Waals surface area (Å²) < 4.78 is 24.9. The van der Waals surface area contributed by atoms with Gasteiger partial charge in [-0.2, -0.15) is 0 Å². The number of amides is 2. The Morgan fingerprint density at radius 1 is 0.974 bits per heavy atom. The molecule has 0 aliphatic carbocycles. The molecule has 1 unspecified atom stereocenters. The van der Waals surface area contributed by atoms with Crippen molar-refractivity contribution < 1.29 is 18.0 Å². The van der Waals surface area contributed by atoms with Gasteiger partial charge in [0.1, 0.15) is 11.9 Å². The van der Waals surface area contributed by atoms with Crippen LogP contribution in [0.4, 0.5) is 17.2 Å². The van der Waals surface area contributed by atoms with E-state index >= 15 is 0 Å². The number of nitrogens with zero attached hydrogens (tertiary/aromatic N) is 1. The van der Waals surface area contributed by atoms with Crippen molar-refractivity contribution in [2.75, 3.05) is 22.6 Å². The maximum Gasteiger partial charge on any atom is 0.247 e. The number of hydrogen-bond acceptors (Lipinski definition) is 7. The first kappa shape index (κ1) is 26.2. The molecule has 6 rings (SSSR count). The number of hydrogen-bond donors (Lipinski definition) is 4. The number of fused-ring (bicyclic) bond motifs is 10. The van der Waals surface area contributed by atoms with Crippen LogP contribution in [-0.2, 0) is 32.4 Å². The Morgan fingerprint density at radius 3 is 2.54 bits per heavy atom. The summed E-state index contributed by atoms with van der Waals surface area (Å²) in [5, 5.41) is 10.8. The molecule has 9 nitrogen and oxygen atoms in total. The number of sulfone groups is 1. The summed E-state index contributed by atoms with van der Waals surface area (Å²) >= 11 is 0. The quantitative estimate of drug-likeness (QED) is 0.306. The average molecular weight is 544 g/mol. The van der Waals surface area contributed by atoms with Crippen LogP contribution >= 0.6 is 0 Å². The topological polar surface area (TPSA) is 143 Å². The maximum absolute atomic E-state index is 13.6. The Balaban J connectivity index is 1.51. The number of carbonyl (C=O) groups excluding carboxylic acids is 2. The lowest BCUT2D eigenvalue weighted by Gasteiger charge is -2.22. The molecule has 0 saturated carbocycles. The number of nitrogen functional groups attached to an aromatic ring is 1. The van der Waals surface area contributed by atoms with E-state index in [1.807, 2.05) is 48.5 Å². The fourth-order valence-electron chi connectivity index (χ4n) is 4.75. The van der Waals surface area contributed by atoms with Crippen LogP contribution in [0, 0.1) is 0 Å². The summed E-state index contributed by atoms with van der Waals surface area (Å²) in [4.78, 5) is 30.3. The molecule has 0 fully saturated rings. The zero-order valence-electron chi connectivity index (χ0n) is 21.4. The smallest absolute Gasteiger partial charge is 0.247 e. The molecule has 2 aliphatic rings. The summed E-state index contributed by atoms with van der Waals surface area (Å²) in [6.07, 6.45) is 4.43. The first-order chi connectivity index (χ1) is 18.7. The van der Waals surface area contributed by atoms with Crippen LogP contribution in [0.2, 0.25) is 0 Å². The fourth-order valence-corrected chi connectivity index (χ4v) is 5.68. The van der Waals surface area contributed by atoms with Crippen LogP contribution in [0.3, 0.4) is 0 Å². The highest BCUT2D eigenvalue weighted by atomic mass is 32.2. The van der Waals surface area contributed by atoms with Crippen molar-refractivity contribution in [1.82, 2.24) is 10.3 Å². The van der Waals surface area contributed by atoms with Gasteiger partial charge in [-0.05, 0) is 77.4 Å². The van der Waals surface area contributed by atoms with Gasteiger partial charge in [0.15, 0.2) is 9.84 Å². The molecule has 0 radical (unpaired) electrons. The molecule has 1 atom stereocenters. The molecule has 39 heavy (non-hydrogen) atoms. The second-order valence-electron chi connectivity index (χ2n) is 9.67. The zero-order chi connectivity index (χ0) is 27.6. The third-order valence-corrected chi connectivity index (χ3v) is 7.94. The number of nitrogens with one attached hydrogen (secondary N) is 3. The summed E-state index contributed by atoms with van der Waals surface area (Å²) in [5.41, 5.74) is 9.38. The number of nitrogens with two attached hydrogens (primary N) is 1. The average Bonchev–Trinajstić information content (AvgIpc) is 2.90. The molecule has 200 valence electrons. The standard InChI is InChI=1S/C29H29N5O4S/c1-39(37,38)25-12-10-22-16-21(25)17-32-29(36)27(19-7-5-18(6-8-19)3-2-4-26(35)33-22)34-23-9-11-24-20(15-23)13-14-31-28(24)30/h5-16,27,34H,2-4,17H2,1H3,(H2,30,31)(H,32,36)(H,33,35). The van der Waals surface area contributed by atoms with Gasteiger partial charge in [-0.3, -0.25) is 9.59 Å². The lowest BCUT2D eigenvalue weighted by molar-refractivity contribution is -0.122. The minimum Gasteiger partial charge on any atom is -0.383 e. The van der Waals surface area contributed by atoms with Gasteiger partial charge in [0.25, 0.3) is 0 Å². The summed E-state index contributed by atoms with van der Waals surface area (Å²) in [6.45, 7) is -0.0405. The van der Waals surface area contributed by atoms with Gasteiger partial charge in [-0.15, -0.1) is 0 Å². The number of aryl methyl sites for hydroxylation is 1. The van der Waals surface area contributed by atoms with E-state index in [1.54, 1.807) is 18.3 Å². The molecule has 0 saturated heterocycles. The van der Waals surface area contributed by atoms with Gasteiger partial charge in [0.05, 0.1) is 4.90 Å². The minimum atomic E-state index is -3.57. The van der Waals surface area contributed by atoms with Crippen molar-refractivity contribution in [2.24, 2.45) is 0 Å². The SMILES string of the molecule is CS(=O)(=O)c1ccc2cc1CNC(=O)C(Nc1ccc3c(N)nccc3c1)c1ccc(cc1)CCCC(=O)N2.